The number of hydrogen-bond donors (Lipinski definition) is 1. The molecule has 26 heavy (non-hydrogen) atoms. The van der Waals surface area contributed by atoms with Crippen molar-refractivity contribution in [3.05, 3.63) is 75.8 Å². The predicted molar refractivity (Wildman–Crippen MR) is 105 cm³/mol. The highest BCUT2D eigenvalue weighted by molar-refractivity contribution is 7.07. The third kappa shape index (κ3) is 4.00. The van der Waals surface area contributed by atoms with Crippen LogP contribution >= 0.6 is 11.3 Å². The molecule has 4 nitrogen and oxygen atoms in total. The van der Waals surface area contributed by atoms with Crippen LogP contribution in [0.3, 0.4) is 0 Å². The Morgan fingerprint density at radius 3 is 2.77 bits per heavy atom. The second-order valence-corrected chi connectivity index (χ2v) is 7.66. The van der Waals surface area contributed by atoms with E-state index in [2.05, 4.69) is 51.9 Å². The zero-order valence-corrected chi connectivity index (χ0v) is 15.9. The molecule has 0 aliphatic carbocycles. The Hall–Kier alpha value is -2.11. The molecule has 4 heterocycles. The van der Waals surface area contributed by atoms with Gasteiger partial charge in [0.1, 0.15) is 0 Å². The molecule has 1 saturated heterocycles. The molecule has 4 rings (SSSR count). The topological polar surface area (TPSA) is 50.7 Å². The SMILES string of the molecule is Cc1cccnc1[C@@H]1CCC[C@H](c2cccc(CCc3cscn3)n2)N1. The summed E-state index contributed by atoms with van der Waals surface area (Å²) >= 11 is 1.65. The largest absolute Gasteiger partial charge is 0.300 e. The van der Waals surface area contributed by atoms with Gasteiger partial charge in [-0.15, -0.1) is 11.3 Å². The molecule has 0 saturated carbocycles. The summed E-state index contributed by atoms with van der Waals surface area (Å²) in [6.45, 7) is 2.14. The summed E-state index contributed by atoms with van der Waals surface area (Å²) in [5.41, 5.74) is 7.79. The zero-order chi connectivity index (χ0) is 17.8. The third-order valence-corrected chi connectivity index (χ3v) is 5.71. The Morgan fingerprint density at radius 2 is 1.92 bits per heavy atom. The van der Waals surface area contributed by atoms with Gasteiger partial charge in [0.15, 0.2) is 0 Å². The molecule has 3 aromatic heterocycles. The molecule has 0 unspecified atom stereocenters. The van der Waals surface area contributed by atoms with Crippen LogP contribution in [0.25, 0.3) is 0 Å². The van der Waals surface area contributed by atoms with Crippen LogP contribution < -0.4 is 5.32 Å². The number of pyridine rings is 2. The van der Waals surface area contributed by atoms with E-state index in [1.165, 1.54) is 17.7 Å². The van der Waals surface area contributed by atoms with Crippen molar-refractivity contribution < 1.29 is 0 Å². The Balaban J connectivity index is 1.46. The van der Waals surface area contributed by atoms with Gasteiger partial charge in [0.05, 0.1) is 28.6 Å². The van der Waals surface area contributed by atoms with E-state index in [0.29, 0.717) is 12.1 Å². The summed E-state index contributed by atoms with van der Waals surface area (Å²) in [6, 6.07) is 11.2. The average molecular weight is 365 g/mol. The monoisotopic (exact) mass is 364 g/mol. The Morgan fingerprint density at radius 1 is 1.04 bits per heavy atom. The minimum absolute atomic E-state index is 0.300. The predicted octanol–water partition coefficient (Wildman–Crippen LogP) is 4.58. The van der Waals surface area contributed by atoms with Crippen molar-refractivity contribution in [2.45, 2.75) is 51.1 Å². The quantitative estimate of drug-likeness (QED) is 0.720. The number of nitrogens with one attached hydrogen (secondary N) is 1. The Labute approximate surface area is 158 Å². The van der Waals surface area contributed by atoms with Crippen LogP contribution in [0, 0.1) is 6.92 Å². The lowest BCUT2D eigenvalue weighted by Crippen LogP contribution is -2.32. The zero-order valence-electron chi connectivity index (χ0n) is 15.1. The van der Waals surface area contributed by atoms with E-state index >= 15 is 0 Å². The number of hydrogen-bond acceptors (Lipinski definition) is 5. The smallest absolute Gasteiger partial charge is 0.0794 e. The Kier molecular flexibility index (Phi) is 5.37. The molecular formula is C21H24N4S. The van der Waals surface area contributed by atoms with Crippen LogP contribution in [0.1, 0.15) is 59.7 Å². The molecule has 0 spiro atoms. The number of aromatic nitrogens is 3. The lowest BCUT2D eigenvalue weighted by atomic mass is 9.92. The van der Waals surface area contributed by atoms with Crippen molar-refractivity contribution in [2.75, 3.05) is 0 Å². The molecule has 1 aliphatic heterocycles. The third-order valence-electron chi connectivity index (χ3n) is 5.07. The first kappa shape index (κ1) is 17.3. The van der Waals surface area contributed by atoms with Gasteiger partial charge < -0.3 is 5.32 Å². The lowest BCUT2D eigenvalue weighted by Gasteiger charge is -2.31. The average Bonchev–Trinajstić information content (AvgIpc) is 3.21. The van der Waals surface area contributed by atoms with Gasteiger partial charge in [-0.05, 0) is 62.8 Å². The number of rotatable bonds is 5. The van der Waals surface area contributed by atoms with E-state index in [1.807, 2.05) is 17.8 Å². The van der Waals surface area contributed by atoms with Gasteiger partial charge in [-0.2, -0.15) is 0 Å². The van der Waals surface area contributed by atoms with Crippen molar-refractivity contribution in [1.82, 2.24) is 20.3 Å². The Bertz CT molecular complexity index is 847. The molecule has 1 aliphatic rings. The molecular weight excluding hydrogens is 340 g/mol. The fourth-order valence-corrected chi connectivity index (χ4v) is 4.29. The van der Waals surface area contributed by atoms with Crippen LogP contribution in [0.2, 0.25) is 0 Å². The van der Waals surface area contributed by atoms with Crippen molar-refractivity contribution in [3.8, 4) is 0 Å². The summed E-state index contributed by atoms with van der Waals surface area (Å²) in [7, 11) is 0. The normalized spacial score (nSPS) is 20.2. The minimum atomic E-state index is 0.300. The fraction of sp³-hybridized carbons (Fsp3) is 0.381. The fourth-order valence-electron chi connectivity index (χ4n) is 3.70. The number of piperidine rings is 1. The summed E-state index contributed by atoms with van der Waals surface area (Å²) in [5.74, 6) is 0. The number of nitrogens with zero attached hydrogens (tertiary/aromatic N) is 3. The lowest BCUT2D eigenvalue weighted by molar-refractivity contribution is 0.320. The highest BCUT2D eigenvalue weighted by Crippen LogP contribution is 2.32. The molecule has 3 aromatic rings. The van der Waals surface area contributed by atoms with Crippen molar-refractivity contribution in [3.63, 3.8) is 0 Å². The van der Waals surface area contributed by atoms with Crippen LogP contribution in [0.5, 0.6) is 0 Å². The summed E-state index contributed by atoms with van der Waals surface area (Å²) in [4.78, 5) is 13.9. The van der Waals surface area contributed by atoms with E-state index in [-0.39, 0.29) is 0 Å². The first-order valence-electron chi connectivity index (χ1n) is 9.30. The molecule has 0 aromatic carbocycles. The van der Waals surface area contributed by atoms with E-state index < -0.39 is 0 Å². The minimum Gasteiger partial charge on any atom is -0.300 e. The molecule has 0 bridgehead atoms. The maximum atomic E-state index is 4.94. The van der Waals surface area contributed by atoms with Crippen molar-refractivity contribution in [1.29, 1.82) is 0 Å². The van der Waals surface area contributed by atoms with Gasteiger partial charge >= 0.3 is 0 Å². The van der Waals surface area contributed by atoms with Crippen molar-refractivity contribution >= 4 is 11.3 Å². The number of thiazole rings is 1. The van der Waals surface area contributed by atoms with Gasteiger partial charge in [-0.1, -0.05) is 12.1 Å². The van der Waals surface area contributed by atoms with Crippen LogP contribution in [0.4, 0.5) is 0 Å². The highest BCUT2D eigenvalue weighted by atomic mass is 32.1. The maximum absolute atomic E-state index is 4.94. The standard InChI is InChI=1S/C21H24N4S/c1-15-5-4-12-22-21(15)20-9-3-8-19(25-20)18-7-2-6-16(24-18)10-11-17-13-26-14-23-17/h2,4-7,12-14,19-20,25H,3,8-11H2,1H3/t19-,20+/m1/s1. The highest BCUT2D eigenvalue weighted by Gasteiger charge is 2.26. The van der Waals surface area contributed by atoms with Crippen molar-refractivity contribution in [2.24, 2.45) is 0 Å². The van der Waals surface area contributed by atoms with Gasteiger partial charge in [0, 0.05) is 23.3 Å². The molecule has 1 fully saturated rings. The van der Waals surface area contributed by atoms with Gasteiger partial charge in [-0.3, -0.25) is 9.97 Å². The molecule has 0 radical (unpaired) electrons. The van der Waals surface area contributed by atoms with E-state index in [1.54, 1.807) is 11.3 Å². The van der Waals surface area contributed by atoms with E-state index in [4.69, 9.17) is 4.98 Å². The molecule has 1 N–H and O–H groups in total. The van der Waals surface area contributed by atoms with E-state index in [0.717, 1.165) is 42.8 Å². The van der Waals surface area contributed by atoms with Crippen LogP contribution in [0.15, 0.2) is 47.4 Å². The van der Waals surface area contributed by atoms with Gasteiger partial charge in [0.2, 0.25) is 0 Å². The molecule has 134 valence electrons. The summed E-state index contributed by atoms with van der Waals surface area (Å²) < 4.78 is 0. The first-order chi connectivity index (χ1) is 12.8. The molecule has 0 amide bonds. The van der Waals surface area contributed by atoms with Gasteiger partial charge in [0.25, 0.3) is 0 Å². The summed E-state index contributed by atoms with van der Waals surface area (Å²) in [6.07, 6.45) is 7.25. The molecule has 5 heteroatoms. The van der Waals surface area contributed by atoms with Gasteiger partial charge in [-0.25, -0.2) is 4.98 Å². The first-order valence-corrected chi connectivity index (χ1v) is 10.2. The number of aryl methyl sites for hydroxylation is 3. The van der Waals surface area contributed by atoms with Crippen LogP contribution in [-0.4, -0.2) is 15.0 Å². The second-order valence-electron chi connectivity index (χ2n) is 6.94. The molecule has 2 atom stereocenters. The summed E-state index contributed by atoms with van der Waals surface area (Å²) in [5, 5.41) is 5.91. The van der Waals surface area contributed by atoms with E-state index in [9.17, 15) is 0 Å². The van der Waals surface area contributed by atoms with Crippen LogP contribution in [-0.2, 0) is 12.8 Å². The maximum Gasteiger partial charge on any atom is 0.0794 e. The second kappa shape index (κ2) is 8.06.